The highest BCUT2D eigenvalue weighted by molar-refractivity contribution is 7.98. The Morgan fingerprint density at radius 1 is 1.33 bits per heavy atom. The molecule has 0 saturated heterocycles. The van der Waals surface area contributed by atoms with E-state index >= 15 is 0 Å². The van der Waals surface area contributed by atoms with Crippen molar-refractivity contribution in [2.45, 2.75) is 45.4 Å². The molecule has 144 valence electrons. The zero-order valence-corrected chi connectivity index (χ0v) is 17.0. The Balaban J connectivity index is 1.75. The van der Waals surface area contributed by atoms with Crippen LogP contribution >= 0.6 is 11.8 Å². The molecule has 2 N–H and O–H groups in total. The van der Waals surface area contributed by atoms with Crippen LogP contribution in [-0.4, -0.2) is 44.5 Å². The number of nitrogens with one attached hydrogen (secondary N) is 2. The average molecular weight is 388 g/mol. The standard InChI is InChI=1S/C18H24N6O2S/c1-10(2)21-15-14-9-20-24(16(14)23-18(22-15)27-5)7-6-19-17(25)13-8-11(3)26-12(13)4/h8-10H,6-7H2,1-5H3,(H,19,25)(H,21,22,23). The first-order valence-corrected chi connectivity index (χ1v) is 10.0. The molecule has 0 spiro atoms. The number of amides is 1. The van der Waals surface area contributed by atoms with Crippen molar-refractivity contribution in [3.05, 3.63) is 29.3 Å². The summed E-state index contributed by atoms with van der Waals surface area (Å²) >= 11 is 1.48. The van der Waals surface area contributed by atoms with E-state index < -0.39 is 0 Å². The molecule has 0 fully saturated rings. The fraction of sp³-hybridized carbons (Fsp3) is 0.444. The van der Waals surface area contributed by atoms with Gasteiger partial charge >= 0.3 is 0 Å². The quantitative estimate of drug-likeness (QED) is 0.474. The van der Waals surface area contributed by atoms with Gasteiger partial charge < -0.3 is 15.1 Å². The zero-order chi connectivity index (χ0) is 19.6. The highest BCUT2D eigenvalue weighted by Gasteiger charge is 2.15. The van der Waals surface area contributed by atoms with Gasteiger partial charge in [0.25, 0.3) is 5.91 Å². The van der Waals surface area contributed by atoms with Crippen LogP contribution in [0.4, 0.5) is 5.82 Å². The van der Waals surface area contributed by atoms with Crippen molar-refractivity contribution < 1.29 is 9.21 Å². The van der Waals surface area contributed by atoms with Gasteiger partial charge in [-0.1, -0.05) is 11.8 Å². The van der Waals surface area contributed by atoms with E-state index in [9.17, 15) is 4.79 Å². The van der Waals surface area contributed by atoms with E-state index in [4.69, 9.17) is 4.42 Å². The summed E-state index contributed by atoms with van der Waals surface area (Å²) in [6, 6.07) is 2.00. The van der Waals surface area contributed by atoms with Gasteiger partial charge in [0.05, 0.1) is 23.7 Å². The van der Waals surface area contributed by atoms with Crippen LogP contribution in [0.25, 0.3) is 11.0 Å². The second kappa shape index (κ2) is 7.99. The summed E-state index contributed by atoms with van der Waals surface area (Å²) in [5, 5.41) is 12.2. The van der Waals surface area contributed by atoms with E-state index in [1.807, 2.05) is 13.2 Å². The predicted octanol–water partition coefficient (Wildman–Crippen LogP) is 3.01. The number of carbonyl (C=O) groups excluding carboxylic acids is 1. The van der Waals surface area contributed by atoms with Gasteiger partial charge in [0.2, 0.25) is 0 Å². The summed E-state index contributed by atoms with van der Waals surface area (Å²) in [5.74, 6) is 1.97. The van der Waals surface area contributed by atoms with Crippen molar-refractivity contribution in [2.24, 2.45) is 0 Å². The van der Waals surface area contributed by atoms with Gasteiger partial charge in [0.1, 0.15) is 17.3 Å². The summed E-state index contributed by atoms with van der Waals surface area (Å²) in [4.78, 5) is 21.4. The van der Waals surface area contributed by atoms with Crippen LogP contribution in [0.2, 0.25) is 0 Å². The SMILES string of the molecule is CSc1nc(NC(C)C)c2cnn(CCNC(=O)c3cc(C)oc3C)c2n1. The van der Waals surface area contributed by atoms with E-state index in [1.165, 1.54) is 11.8 Å². The Labute approximate surface area is 162 Å². The highest BCUT2D eigenvalue weighted by Crippen LogP contribution is 2.23. The number of hydrogen-bond donors (Lipinski definition) is 2. The Bertz CT molecular complexity index is 962. The molecule has 3 heterocycles. The van der Waals surface area contributed by atoms with Crippen LogP contribution in [0.1, 0.15) is 35.7 Å². The van der Waals surface area contributed by atoms with E-state index in [2.05, 4.69) is 39.5 Å². The van der Waals surface area contributed by atoms with Crippen molar-refractivity contribution in [3.63, 3.8) is 0 Å². The summed E-state index contributed by atoms with van der Waals surface area (Å²) in [6.45, 7) is 8.68. The minimum absolute atomic E-state index is 0.151. The molecule has 0 bridgehead atoms. The molecule has 0 aromatic carbocycles. The maximum absolute atomic E-state index is 12.3. The number of thioether (sulfide) groups is 1. The maximum Gasteiger partial charge on any atom is 0.254 e. The fourth-order valence-electron chi connectivity index (χ4n) is 2.80. The second-order valence-electron chi connectivity index (χ2n) is 6.55. The number of hydrogen-bond acceptors (Lipinski definition) is 7. The smallest absolute Gasteiger partial charge is 0.254 e. The molecule has 27 heavy (non-hydrogen) atoms. The number of nitrogens with zero attached hydrogens (tertiary/aromatic N) is 4. The molecule has 0 atom stereocenters. The van der Waals surface area contributed by atoms with Gasteiger partial charge in [-0.15, -0.1) is 0 Å². The first-order valence-electron chi connectivity index (χ1n) is 8.78. The average Bonchev–Trinajstić information content (AvgIpc) is 3.17. The lowest BCUT2D eigenvalue weighted by Gasteiger charge is -2.11. The lowest BCUT2D eigenvalue weighted by atomic mass is 10.2. The summed E-state index contributed by atoms with van der Waals surface area (Å²) in [6.07, 6.45) is 3.70. The number of anilines is 1. The molecule has 0 aliphatic carbocycles. The van der Waals surface area contributed by atoms with Gasteiger partial charge in [0.15, 0.2) is 10.8 Å². The first-order chi connectivity index (χ1) is 12.9. The molecular weight excluding hydrogens is 364 g/mol. The molecule has 3 aromatic heterocycles. The molecule has 0 aliphatic rings. The van der Waals surface area contributed by atoms with Crippen LogP contribution < -0.4 is 10.6 Å². The molecule has 3 aromatic rings. The van der Waals surface area contributed by atoms with Crippen molar-refractivity contribution in [1.82, 2.24) is 25.1 Å². The Morgan fingerprint density at radius 3 is 2.74 bits per heavy atom. The number of aromatic nitrogens is 4. The van der Waals surface area contributed by atoms with Gasteiger partial charge in [-0.05, 0) is 40.0 Å². The summed E-state index contributed by atoms with van der Waals surface area (Å²) in [5.41, 5.74) is 1.32. The maximum atomic E-state index is 12.3. The van der Waals surface area contributed by atoms with Crippen LogP contribution in [0, 0.1) is 13.8 Å². The van der Waals surface area contributed by atoms with E-state index in [-0.39, 0.29) is 11.9 Å². The minimum atomic E-state index is -0.151. The van der Waals surface area contributed by atoms with Crippen molar-refractivity contribution in [1.29, 1.82) is 0 Å². The molecule has 0 aliphatic heterocycles. The minimum Gasteiger partial charge on any atom is -0.466 e. The molecule has 9 heteroatoms. The number of fused-ring (bicyclic) bond motifs is 1. The van der Waals surface area contributed by atoms with Crippen LogP contribution in [0.5, 0.6) is 0 Å². The molecule has 3 rings (SSSR count). The lowest BCUT2D eigenvalue weighted by molar-refractivity contribution is 0.0950. The molecular formula is C18H24N6O2S. The molecule has 0 unspecified atom stereocenters. The van der Waals surface area contributed by atoms with Crippen LogP contribution in [0.3, 0.4) is 0 Å². The number of aryl methyl sites for hydroxylation is 2. The van der Waals surface area contributed by atoms with E-state index in [0.29, 0.717) is 29.6 Å². The molecule has 0 saturated carbocycles. The number of furan rings is 1. The van der Waals surface area contributed by atoms with Crippen molar-refractivity contribution in [3.8, 4) is 0 Å². The Kier molecular flexibility index (Phi) is 5.69. The fourth-order valence-corrected chi connectivity index (χ4v) is 3.16. The van der Waals surface area contributed by atoms with Crippen LogP contribution in [-0.2, 0) is 6.54 Å². The third-order valence-corrected chi connectivity index (χ3v) is 4.53. The van der Waals surface area contributed by atoms with Crippen molar-refractivity contribution >= 4 is 34.5 Å². The lowest BCUT2D eigenvalue weighted by Crippen LogP contribution is -2.27. The first kappa shape index (κ1) is 19.2. The number of carbonyl (C=O) groups is 1. The normalized spacial score (nSPS) is 11.3. The third-order valence-electron chi connectivity index (χ3n) is 3.98. The molecule has 1 amide bonds. The zero-order valence-electron chi connectivity index (χ0n) is 16.2. The third kappa shape index (κ3) is 4.24. The van der Waals surface area contributed by atoms with Gasteiger partial charge in [-0.2, -0.15) is 5.10 Å². The van der Waals surface area contributed by atoms with E-state index in [1.54, 1.807) is 23.9 Å². The highest BCUT2D eigenvalue weighted by atomic mass is 32.2. The Morgan fingerprint density at radius 2 is 2.11 bits per heavy atom. The van der Waals surface area contributed by atoms with E-state index in [0.717, 1.165) is 22.6 Å². The largest absolute Gasteiger partial charge is 0.466 e. The summed E-state index contributed by atoms with van der Waals surface area (Å²) < 4.78 is 7.20. The molecule has 0 radical (unpaired) electrons. The molecule has 8 nitrogen and oxygen atoms in total. The topological polar surface area (TPSA) is 97.9 Å². The van der Waals surface area contributed by atoms with Gasteiger partial charge in [-0.3, -0.25) is 4.79 Å². The Hall–Kier alpha value is -2.55. The second-order valence-corrected chi connectivity index (χ2v) is 7.32. The summed E-state index contributed by atoms with van der Waals surface area (Å²) in [7, 11) is 0. The van der Waals surface area contributed by atoms with Crippen molar-refractivity contribution in [2.75, 3.05) is 18.1 Å². The van der Waals surface area contributed by atoms with Gasteiger partial charge in [-0.25, -0.2) is 14.6 Å². The van der Waals surface area contributed by atoms with Gasteiger partial charge in [0, 0.05) is 12.6 Å². The van der Waals surface area contributed by atoms with Crippen LogP contribution in [0.15, 0.2) is 21.8 Å². The monoisotopic (exact) mass is 388 g/mol. The predicted molar refractivity (Wildman–Crippen MR) is 106 cm³/mol. The number of rotatable bonds is 7.